The number of ether oxygens (including phenoxy) is 3. The Morgan fingerprint density at radius 1 is 1.13 bits per heavy atom. The summed E-state index contributed by atoms with van der Waals surface area (Å²) >= 11 is 0. The van der Waals surface area contributed by atoms with Crippen LogP contribution in [-0.2, 0) is 24.3 Å². The van der Waals surface area contributed by atoms with Crippen molar-refractivity contribution in [3.63, 3.8) is 0 Å². The van der Waals surface area contributed by atoms with E-state index in [2.05, 4.69) is 10.0 Å². The fraction of sp³-hybridized carbons (Fsp3) is 0.579. The fourth-order valence-electron chi connectivity index (χ4n) is 2.32. The number of amides is 2. The molecule has 30 heavy (non-hydrogen) atoms. The number of primary amides is 1. The number of hydrogen-bond donors (Lipinski definition) is 3. The van der Waals surface area contributed by atoms with Crippen molar-refractivity contribution >= 4 is 22.0 Å². The first kappa shape index (κ1) is 23.9. The first-order chi connectivity index (χ1) is 14.4. The minimum atomic E-state index is -3.65. The van der Waals surface area contributed by atoms with E-state index in [9.17, 15) is 18.0 Å². The summed E-state index contributed by atoms with van der Waals surface area (Å²) in [5, 5.41) is 2.50. The highest BCUT2D eigenvalue weighted by molar-refractivity contribution is 7.89. The summed E-state index contributed by atoms with van der Waals surface area (Å²) in [5.41, 5.74) is 4.93. The average Bonchev–Trinajstić information content (AvgIpc) is 3.53. The van der Waals surface area contributed by atoms with Gasteiger partial charge in [0.2, 0.25) is 15.9 Å². The third kappa shape index (κ3) is 9.90. The van der Waals surface area contributed by atoms with E-state index in [4.69, 9.17) is 19.9 Å². The van der Waals surface area contributed by atoms with Gasteiger partial charge in [0.05, 0.1) is 24.5 Å². The highest BCUT2D eigenvalue weighted by Gasteiger charge is 2.22. The van der Waals surface area contributed by atoms with Gasteiger partial charge in [-0.2, -0.15) is 0 Å². The molecule has 2 rings (SSSR count). The van der Waals surface area contributed by atoms with Gasteiger partial charge in [0, 0.05) is 25.8 Å². The van der Waals surface area contributed by atoms with Gasteiger partial charge >= 0.3 is 6.09 Å². The highest BCUT2D eigenvalue weighted by Crippen LogP contribution is 2.29. The number of benzene rings is 1. The average molecular weight is 444 g/mol. The molecular formula is C19H29N3O7S. The standard InChI is InChI=1S/C19H29N3O7S/c20-18(23)7-11-28-19(24)21-8-2-10-27-12-9-22-30(25,26)17-4-1-3-16(13-17)29-14-15-5-6-15/h1,3-4,13,15,22H,2,5-12,14H2,(H2,20,23)(H,21,24). The summed E-state index contributed by atoms with van der Waals surface area (Å²) in [6.07, 6.45) is 2.20. The van der Waals surface area contributed by atoms with Crippen molar-refractivity contribution < 1.29 is 32.2 Å². The predicted molar refractivity (Wildman–Crippen MR) is 108 cm³/mol. The minimum Gasteiger partial charge on any atom is -0.493 e. The molecule has 0 aliphatic heterocycles. The summed E-state index contributed by atoms with van der Waals surface area (Å²) in [7, 11) is -3.65. The lowest BCUT2D eigenvalue weighted by atomic mass is 10.3. The number of sulfonamides is 1. The van der Waals surface area contributed by atoms with Gasteiger partial charge in [0.15, 0.2) is 0 Å². The predicted octanol–water partition coefficient (Wildman–Crippen LogP) is 0.762. The third-order valence-electron chi connectivity index (χ3n) is 4.15. The van der Waals surface area contributed by atoms with E-state index in [-0.39, 0.29) is 31.1 Å². The summed E-state index contributed by atoms with van der Waals surface area (Å²) in [6.45, 7) is 1.54. The minimum absolute atomic E-state index is 0.0236. The largest absolute Gasteiger partial charge is 0.493 e. The normalized spacial score (nSPS) is 13.6. The lowest BCUT2D eigenvalue weighted by molar-refractivity contribution is -0.118. The van der Waals surface area contributed by atoms with E-state index < -0.39 is 22.0 Å². The maximum Gasteiger partial charge on any atom is 0.407 e. The molecule has 0 spiro atoms. The summed E-state index contributed by atoms with van der Waals surface area (Å²) in [4.78, 5) is 22.0. The van der Waals surface area contributed by atoms with Gasteiger partial charge in [-0.1, -0.05) is 6.07 Å². The summed E-state index contributed by atoms with van der Waals surface area (Å²) in [5.74, 6) is 0.589. The van der Waals surface area contributed by atoms with Crippen LogP contribution in [0.2, 0.25) is 0 Å². The molecule has 0 heterocycles. The smallest absolute Gasteiger partial charge is 0.407 e. The van der Waals surface area contributed by atoms with E-state index in [0.717, 1.165) is 12.8 Å². The second-order valence-corrected chi connectivity index (χ2v) is 8.64. The molecule has 0 saturated heterocycles. The molecule has 1 aromatic carbocycles. The molecule has 4 N–H and O–H groups in total. The zero-order chi connectivity index (χ0) is 21.8. The number of hydrogen-bond acceptors (Lipinski definition) is 7. The molecule has 0 bridgehead atoms. The maximum absolute atomic E-state index is 12.4. The van der Waals surface area contributed by atoms with Gasteiger partial charge in [-0.15, -0.1) is 0 Å². The first-order valence-electron chi connectivity index (χ1n) is 9.86. The zero-order valence-corrected chi connectivity index (χ0v) is 17.6. The van der Waals surface area contributed by atoms with Gasteiger partial charge in [0.25, 0.3) is 0 Å². The van der Waals surface area contributed by atoms with Crippen molar-refractivity contribution in [1.29, 1.82) is 0 Å². The number of carbonyl (C=O) groups excluding carboxylic acids is 2. The second-order valence-electron chi connectivity index (χ2n) is 6.87. The molecule has 0 aromatic heterocycles. The van der Waals surface area contributed by atoms with Crippen LogP contribution in [-0.4, -0.2) is 59.9 Å². The van der Waals surface area contributed by atoms with Crippen LogP contribution in [0.25, 0.3) is 0 Å². The molecule has 0 radical (unpaired) electrons. The van der Waals surface area contributed by atoms with Crippen LogP contribution in [0.1, 0.15) is 25.7 Å². The SMILES string of the molecule is NC(=O)CCOC(=O)NCCCOCCNS(=O)(=O)c1cccc(OCC2CC2)c1. The molecule has 11 heteroatoms. The van der Waals surface area contributed by atoms with E-state index >= 15 is 0 Å². The molecule has 2 amide bonds. The molecule has 10 nitrogen and oxygen atoms in total. The quantitative estimate of drug-likeness (QED) is 0.339. The van der Waals surface area contributed by atoms with E-state index in [0.29, 0.717) is 37.8 Å². The van der Waals surface area contributed by atoms with Crippen molar-refractivity contribution in [2.45, 2.75) is 30.6 Å². The van der Waals surface area contributed by atoms with Crippen molar-refractivity contribution in [2.75, 3.05) is 39.5 Å². The number of nitrogens with one attached hydrogen (secondary N) is 2. The van der Waals surface area contributed by atoms with Gasteiger partial charge in [-0.05, 0) is 37.3 Å². The van der Waals surface area contributed by atoms with Gasteiger partial charge < -0.3 is 25.3 Å². The summed E-state index contributed by atoms with van der Waals surface area (Å²) < 4.78 is 42.9. The maximum atomic E-state index is 12.4. The van der Waals surface area contributed by atoms with Crippen molar-refractivity contribution in [1.82, 2.24) is 10.0 Å². The lowest BCUT2D eigenvalue weighted by Gasteiger charge is -2.10. The molecule has 1 fully saturated rings. The molecule has 1 aliphatic rings. The third-order valence-corrected chi connectivity index (χ3v) is 5.61. The van der Waals surface area contributed by atoms with Crippen LogP contribution in [0.3, 0.4) is 0 Å². The Bertz CT molecular complexity index is 797. The molecule has 1 saturated carbocycles. The molecular weight excluding hydrogens is 414 g/mol. The second kappa shape index (κ2) is 12.4. The van der Waals surface area contributed by atoms with Crippen molar-refractivity contribution in [2.24, 2.45) is 11.7 Å². The first-order valence-corrected chi connectivity index (χ1v) is 11.3. The Hall–Kier alpha value is -2.37. The van der Waals surface area contributed by atoms with Crippen LogP contribution in [0.15, 0.2) is 29.2 Å². The van der Waals surface area contributed by atoms with Gasteiger partial charge in [-0.25, -0.2) is 17.9 Å². The molecule has 168 valence electrons. The van der Waals surface area contributed by atoms with E-state index in [1.165, 1.54) is 12.1 Å². The van der Waals surface area contributed by atoms with Crippen LogP contribution >= 0.6 is 0 Å². The fourth-order valence-corrected chi connectivity index (χ4v) is 3.37. The Morgan fingerprint density at radius 2 is 1.93 bits per heavy atom. The summed E-state index contributed by atoms with van der Waals surface area (Å²) in [6, 6.07) is 6.42. The van der Waals surface area contributed by atoms with Crippen LogP contribution in [0, 0.1) is 5.92 Å². The topological polar surface area (TPSA) is 146 Å². The highest BCUT2D eigenvalue weighted by atomic mass is 32.2. The monoisotopic (exact) mass is 443 g/mol. The van der Waals surface area contributed by atoms with E-state index in [1.807, 2.05) is 0 Å². The van der Waals surface area contributed by atoms with Crippen LogP contribution < -0.4 is 20.5 Å². The van der Waals surface area contributed by atoms with Crippen molar-refractivity contribution in [3.05, 3.63) is 24.3 Å². The van der Waals surface area contributed by atoms with Crippen LogP contribution in [0.5, 0.6) is 5.75 Å². The number of rotatable bonds is 15. The molecule has 1 aliphatic carbocycles. The van der Waals surface area contributed by atoms with E-state index in [1.54, 1.807) is 12.1 Å². The zero-order valence-electron chi connectivity index (χ0n) is 16.8. The Kier molecular flexibility index (Phi) is 9.84. The number of carbonyl (C=O) groups is 2. The lowest BCUT2D eigenvalue weighted by Crippen LogP contribution is -2.29. The van der Waals surface area contributed by atoms with Crippen LogP contribution in [0.4, 0.5) is 4.79 Å². The Labute approximate surface area is 176 Å². The Morgan fingerprint density at radius 3 is 2.67 bits per heavy atom. The Balaban J connectivity index is 1.55. The number of nitrogens with two attached hydrogens (primary N) is 1. The molecule has 0 unspecified atom stereocenters. The van der Waals surface area contributed by atoms with Gasteiger partial charge in [-0.3, -0.25) is 4.79 Å². The van der Waals surface area contributed by atoms with Gasteiger partial charge in [0.1, 0.15) is 12.4 Å². The molecule has 1 aromatic rings. The van der Waals surface area contributed by atoms with Crippen molar-refractivity contribution in [3.8, 4) is 5.75 Å². The number of alkyl carbamates (subject to hydrolysis) is 1. The molecule has 0 atom stereocenters.